The highest BCUT2D eigenvalue weighted by Crippen LogP contribution is 2.07. The number of nitrogens with zero attached hydrogens (tertiary/aromatic N) is 2. The van der Waals surface area contributed by atoms with Gasteiger partial charge in [-0.3, -0.25) is 14.8 Å². The number of carbonyl (C=O) groups is 1. The molecule has 0 aliphatic heterocycles. The van der Waals surface area contributed by atoms with Crippen LogP contribution in [0, 0.1) is 0 Å². The predicted octanol–water partition coefficient (Wildman–Crippen LogP) is 1.33. The topological polar surface area (TPSA) is 56.2 Å². The summed E-state index contributed by atoms with van der Waals surface area (Å²) in [6, 6.07) is 0. The van der Waals surface area contributed by atoms with Gasteiger partial charge < -0.3 is 4.74 Å². The highest BCUT2D eigenvalue weighted by molar-refractivity contribution is 5.79. The third kappa shape index (κ3) is 3.85. The van der Waals surface area contributed by atoms with Gasteiger partial charge in [0.25, 0.3) is 0 Å². The molecular weight excluding hydrogens is 218 g/mol. The third-order valence-corrected chi connectivity index (χ3v) is 2.57. The first kappa shape index (κ1) is 13.7. The minimum Gasteiger partial charge on any atom is -0.468 e. The summed E-state index contributed by atoms with van der Waals surface area (Å²) >= 11 is 0. The van der Waals surface area contributed by atoms with Crippen molar-refractivity contribution in [3.05, 3.63) is 18.0 Å². The van der Waals surface area contributed by atoms with E-state index in [2.05, 4.69) is 17.3 Å². The molecular formula is C12H21N3O2. The van der Waals surface area contributed by atoms with Gasteiger partial charge in [-0.2, -0.15) is 5.10 Å². The molecule has 0 saturated carbocycles. The summed E-state index contributed by atoms with van der Waals surface area (Å²) in [5.41, 5.74) is 0.386. The molecule has 0 radical (unpaired) electrons. The summed E-state index contributed by atoms with van der Waals surface area (Å²) in [7, 11) is 1.39. The molecule has 0 amide bonds. The predicted molar refractivity (Wildman–Crippen MR) is 65.5 cm³/mol. The van der Waals surface area contributed by atoms with Crippen molar-refractivity contribution in [1.29, 1.82) is 0 Å². The molecule has 0 saturated heterocycles. The van der Waals surface area contributed by atoms with E-state index in [0.29, 0.717) is 6.54 Å². The standard InChI is InChI=1S/C12H21N3O2/c1-5-6-15-9-10(8-14-15)7-13-12(2,3)11(16)17-4/h8-9,13H,5-7H2,1-4H3. The number of aryl methyl sites for hydroxylation is 1. The molecule has 0 aliphatic carbocycles. The maximum Gasteiger partial charge on any atom is 0.325 e. The van der Waals surface area contributed by atoms with Gasteiger partial charge in [0.15, 0.2) is 0 Å². The van der Waals surface area contributed by atoms with Crippen LogP contribution in [0.1, 0.15) is 32.8 Å². The molecule has 1 aromatic heterocycles. The maximum absolute atomic E-state index is 11.5. The Balaban J connectivity index is 2.51. The van der Waals surface area contributed by atoms with Crippen LogP contribution in [0.25, 0.3) is 0 Å². The summed E-state index contributed by atoms with van der Waals surface area (Å²) in [5, 5.41) is 7.39. The van der Waals surface area contributed by atoms with Gasteiger partial charge in [0.1, 0.15) is 5.54 Å². The highest BCUT2D eigenvalue weighted by atomic mass is 16.5. The van der Waals surface area contributed by atoms with Crippen LogP contribution >= 0.6 is 0 Å². The smallest absolute Gasteiger partial charge is 0.325 e. The summed E-state index contributed by atoms with van der Waals surface area (Å²) in [5.74, 6) is -0.265. The quantitative estimate of drug-likeness (QED) is 0.761. The van der Waals surface area contributed by atoms with Crippen LogP contribution in [0.3, 0.4) is 0 Å². The molecule has 0 aromatic carbocycles. The molecule has 1 heterocycles. The minimum atomic E-state index is -0.679. The van der Waals surface area contributed by atoms with Crippen molar-refractivity contribution in [3.63, 3.8) is 0 Å². The van der Waals surface area contributed by atoms with Crippen LogP contribution in [0.5, 0.6) is 0 Å². The first-order valence-electron chi connectivity index (χ1n) is 5.84. The monoisotopic (exact) mass is 239 g/mol. The van der Waals surface area contributed by atoms with E-state index in [9.17, 15) is 4.79 Å². The van der Waals surface area contributed by atoms with Crippen LogP contribution in [-0.4, -0.2) is 28.4 Å². The zero-order chi connectivity index (χ0) is 12.9. The molecule has 1 aromatic rings. The number of nitrogens with one attached hydrogen (secondary N) is 1. The molecule has 5 nitrogen and oxygen atoms in total. The van der Waals surface area contributed by atoms with Crippen LogP contribution in [-0.2, 0) is 22.6 Å². The van der Waals surface area contributed by atoms with Crippen molar-refractivity contribution in [3.8, 4) is 0 Å². The van der Waals surface area contributed by atoms with E-state index in [1.807, 2.05) is 17.1 Å². The van der Waals surface area contributed by atoms with Crippen molar-refractivity contribution < 1.29 is 9.53 Å². The fourth-order valence-electron chi connectivity index (χ4n) is 1.50. The van der Waals surface area contributed by atoms with Gasteiger partial charge in [-0.15, -0.1) is 0 Å². The average Bonchev–Trinajstić information content (AvgIpc) is 2.74. The number of carbonyl (C=O) groups excluding carboxylic acids is 1. The fourth-order valence-corrected chi connectivity index (χ4v) is 1.50. The van der Waals surface area contributed by atoms with E-state index in [1.54, 1.807) is 13.8 Å². The van der Waals surface area contributed by atoms with Gasteiger partial charge in [0, 0.05) is 24.8 Å². The maximum atomic E-state index is 11.5. The second kappa shape index (κ2) is 5.82. The van der Waals surface area contributed by atoms with E-state index in [1.165, 1.54) is 7.11 Å². The largest absolute Gasteiger partial charge is 0.468 e. The molecule has 5 heteroatoms. The molecule has 0 bridgehead atoms. The second-order valence-corrected chi connectivity index (χ2v) is 4.58. The lowest BCUT2D eigenvalue weighted by Crippen LogP contribution is -2.46. The van der Waals surface area contributed by atoms with Crippen LogP contribution in [0.4, 0.5) is 0 Å². The molecule has 0 unspecified atom stereocenters. The Hall–Kier alpha value is -1.36. The lowest BCUT2D eigenvalue weighted by Gasteiger charge is -2.22. The lowest BCUT2D eigenvalue weighted by molar-refractivity contribution is -0.147. The van der Waals surface area contributed by atoms with Crippen LogP contribution in [0.2, 0.25) is 0 Å². The van der Waals surface area contributed by atoms with E-state index in [4.69, 9.17) is 4.74 Å². The molecule has 96 valence electrons. The third-order valence-electron chi connectivity index (χ3n) is 2.57. The van der Waals surface area contributed by atoms with Gasteiger partial charge >= 0.3 is 5.97 Å². The molecule has 0 spiro atoms. The zero-order valence-electron chi connectivity index (χ0n) is 11.0. The normalized spacial score (nSPS) is 11.5. The number of hydrogen-bond donors (Lipinski definition) is 1. The Morgan fingerprint density at radius 3 is 2.88 bits per heavy atom. The van der Waals surface area contributed by atoms with Crippen molar-refractivity contribution in [2.24, 2.45) is 0 Å². The van der Waals surface area contributed by atoms with Gasteiger partial charge in [-0.05, 0) is 20.3 Å². The molecule has 0 fully saturated rings. The SMILES string of the molecule is CCCn1cc(CNC(C)(C)C(=O)OC)cn1. The minimum absolute atomic E-state index is 0.265. The van der Waals surface area contributed by atoms with E-state index >= 15 is 0 Å². The highest BCUT2D eigenvalue weighted by Gasteiger charge is 2.27. The summed E-state index contributed by atoms with van der Waals surface area (Å²) < 4.78 is 6.63. The van der Waals surface area contributed by atoms with Gasteiger partial charge in [-0.25, -0.2) is 0 Å². The van der Waals surface area contributed by atoms with Crippen molar-refractivity contribution in [2.45, 2.75) is 45.8 Å². The van der Waals surface area contributed by atoms with Crippen LogP contribution in [0.15, 0.2) is 12.4 Å². The zero-order valence-corrected chi connectivity index (χ0v) is 11.0. The van der Waals surface area contributed by atoms with Gasteiger partial charge in [0.2, 0.25) is 0 Å². The van der Waals surface area contributed by atoms with Gasteiger partial charge in [-0.1, -0.05) is 6.92 Å². The molecule has 0 aliphatic rings. The van der Waals surface area contributed by atoms with Crippen molar-refractivity contribution in [2.75, 3.05) is 7.11 Å². The average molecular weight is 239 g/mol. The molecule has 17 heavy (non-hydrogen) atoms. The Kier molecular flexibility index (Phi) is 4.69. The number of ether oxygens (including phenoxy) is 1. The Morgan fingerprint density at radius 1 is 1.59 bits per heavy atom. The van der Waals surface area contributed by atoms with E-state index < -0.39 is 5.54 Å². The summed E-state index contributed by atoms with van der Waals surface area (Å²) in [6.45, 7) is 7.23. The van der Waals surface area contributed by atoms with Gasteiger partial charge in [0.05, 0.1) is 13.3 Å². The number of aromatic nitrogens is 2. The Labute approximate surface area is 102 Å². The summed E-state index contributed by atoms with van der Waals surface area (Å²) in [6.07, 6.45) is 4.86. The molecule has 1 N–H and O–H groups in total. The van der Waals surface area contributed by atoms with E-state index in [-0.39, 0.29) is 5.97 Å². The second-order valence-electron chi connectivity index (χ2n) is 4.58. The lowest BCUT2D eigenvalue weighted by atomic mass is 10.1. The first-order chi connectivity index (χ1) is 7.99. The van der Waals surface area contributed by atoms with Crippen molar-refractivity contribution in [1.82, 2.24) is 15.1 Å². The number of methoxy groups -OCH3 is 1. The number of hydrogen-bond acceptors (Lipinski definition) is 4. The first-order valence-corrected chi connectivity index (χ1v) is 5.84. The molecule has 1 rings (SSSR count). The van der Waals surface area contributed by atoms with Crippen LogP contribution < -0.4 is 5.32 Å². The van der Waals surface area contributed by atoms with E-state index in [0.717, 1.165) is 18.5 Å². The summed E-state index contributed by atoms with van der Waals surface area (Å²) in [4.78, 5) is 11.5. The number of rotatable bonds is 6. The van der Waals surface area contributed by atoms with Crippen molar-refractivity contribution >= 4 is 5.97 Å². The number of esters is 1. The Morgan fingerprint density at radius 2 is 2.29 bits per heavy atom. The molecule has 0 atom stereocenters. The fraction of sp³-hybridized carbons (Fsp3) is 0.667. The Bertz CT molecular complexity index is 372.